The molecule has 0 spiro atoms. The van der Waals surface area contributed by atoms with E-state index in [1.807, 2.05) is 0 Å². The highest BCUT2D eigenvalue weighted by Crippen LogP contribution is 2.26. The van der Waals surface area contributed by atoms with E-state index in [0.29, 0.717) is 11.6 Å². The number of likely N-dealkylation sites (tertiary alicyclic amines) is 1. The Morgan fingerprint density at radius 2 is 2.20 bits per heavy atom. The van der Waals surface area contributed by atoms with Gasteiger partial charge in [0.15, 0.2) is 11.7 Å². The number of piperidine rings is 1. The molecule has 1 aliphatic heterocycles. The fourth-order valence-electron chi connectivity index (χ4n) is 1.89. The van der Waals surface area contributed by atoms with Crippen molar-refractivity contribution >= 4 is 5.78 Å². The van der Waals surface area contributed by atoms with Crippen LogP contribution in [0.4, 0.5) is 0 Å². The summed E-state index contributed by atoms with van der Waals surface area (Å²) in [5.41, 5.74) is 0.448. The lowest BCUT2D eigenvalue weighted by atomic mass is 9.97. The number of carbonyl (C=O) groups is 1. The molecule has 0 aromatic carbocycles. The first kappa shape index (κ1) is 10.4. The van der Waals surface area contributed by atoms with E-state index < -0.39 is 0 Å². The second-order valence-corrected chi connectivity index (χ2v) is 4.20. The van der Waals surface area contributed by atoms with E-state index in [1.165, 1.54) is 13.2 Å². The number of hydrogen-bond acceptors (Lipinski definition) is 4. The maximum Gasteiger partial charge on any atom is 0.197 e. The summed E-state index contributed by atoms with van der Waals surface area (Å²) in [6, 6.07) is 0. The van der Waals surface area contributed by atoms with Gasteiger partial charge in [-0.15, -0.1) is 0 Å². The molecular formula is C11H16N2O2. The Kier molecular flexibility index (Phi) is 2.86. The minimum absolute atomic E-state index is 0.0297. The summed E-state index contributed by atoms with van der Waals surface area (Å²) in [6.07, 6.45) is 3.60. The van der Waals surface area contributed by atoms with Gasteiger partial charge in [0.05, 0.1) is 0 Å². The van der Waals surface area contributed by atoms with Crippen molar-refractivity contribution in [2.45, 2.75) is 25.7 Å². The van der Waals surface area contributed by atoms with E-state index in [2.05, 4.69) is 16.9 Å². The minimum Gasteiger partial charge on any atom is -0.448 e. The van der Waals surface area contributed by atoms with Gasteiger partial charge in [0.1, 0.15) is 12.0 Å². The van der Waals surface area contributed by atoms with Crippen LogP contribution >= 0.6 is 0 Å². The average molecular weight is 208 g/mol. The lowest BCUT2D eigenvalue weighted by Gasteiger charge is -2.26. The number of aromatic nitrogens is 1. The largest absolute Gasteiger partial charge is 0.448 e. The third-order valence-electron chi connectivity index (χ3n) is 2.95. The van der Waals surface area contributed by atoms with Crippen molar-refractivity contribution in [1.82, 2.24) is 9.88 Å². The van der Waals surface area contributed by atoms with Gasteiger partial charge in [-0.05, 0) is 33.0 Å². The van der Waals surface area contributed by atoms with Crippen LogP contribution in [0.15, 0.2) is 10.7 Å². The molecule has 4 nitrogen and oxygen atoms in total. The van der Waals surface area contributed by atoms with Crippen molar-refractivity contribution in [2.24, 2.45) is 0 Å². The van der Waals surface area contributed by atoms with Gasteiger partial charge in [0, 0.05) is 12.8 Å². The van der Waals surface area contributed by atoms with Gasteiger partial charge in [-0.1, -0.05) is 0 Å². The average Bonchev–Trinajstić information content (AvgIpc) is 2.68. The van der Waals surface area contributed by atoms with Crippen molar-refractivity contribution in [3.63, 3.8) is 0 Å². The molecule has 0 N–H and O–H groups in total. The van der Waals surface area contributed by atoms with Crippen LogP contribution < -0.4 is 0 Å². The predicted octanol–water partition coefficient (Wildman–Crippen LogP) is 1.69. The lowest BCUT2D eigenvalue weighted by molar-refractivity contribution is 0.101. The molecule has 82 valence electrons. The second kappa shape index (κ2) is 4.14. The van der Waals surface area contributed by atoms with Crippen molar-refractivity contribution in [3.8, 4) is 0 Å². The molecule has 1 saturated heterocycles. The van der Waals surface area contributed by atoms with Crippen molar-refractivity contribution in [3.05, 3.63) is 17.8 Å². The van der Waals surface area contributed by atoms with E-state index in [0.717, 1.165) is 31.8 Å². The number of carbonyl (C=O) groups excluding carboxylic acids is 1. The third kappa shape index (κ3) is 2.26. The fourth-order valence-corrected chi connectivity index (χ4v) is 1.89. The Balaban J connectivity index is 2.06. The number of ketones is 1. The molecule has 2 heterocycles. The number of nitrogens with zero attached hydrogens (tertiary/aromatic N) is 2. The van der Waals surface area contributed by atoms with Gasteiger partial charge in [0.25, 0.3) is 0 Å². The molecule has 1 aromatic rings. The van der Waals surface area contributed by atoms with Gasteiger partial charge in [-0.3, -0.25) is 4.79 Å². The maximum atomic E-state index is 11.1. The standard InChI is InChI=1S/C11H16N2O2/c1-8(14)10-7-15-11(12-10)9-3-5-13(2)6-4-9/h7,9H,3-6H2,1-2H3. The molecule has 0 unspecified atom stereocenters. The number of oxazole rings is 1. The Labute approximate surface area is 89.3 Å². The zero-order chi connectivity index (χ0) is 10.8. The number of hydrogen-bond donors (Lipinski definition) is 0. The van der Waals surface area contributed by atoms with E-state index in [-0.39, 0.29) is 5.78 Å². The Hall–Kier alpha value is -1.16. The summed E-state index contributed by atoms with van der Waals surface area (Å²) in [4.78, 5) is 17.6. The highest BCUT2D eigenvalue weighted by atomic mass is 16.3. The highest BCUT2D eigenvalue weighted by molar-refractivity contribution is 5.91. The topological polar surface area (TPSA) is 46.3 Å². The Morgan fingerprint density at radius 1 is 1.53 bits per heavy atom. The van der Waals surface area contributed by atoms with Crippen LogP contribution in [0.2, 0.25) is 0 Å². The molecule has 0 bridgehead atoms. The number of Topliss-reactive ketones (excluding diaryl/α,β-unsaturated/α-hetero) is 1. The Bertz CT molecular complexity index is 351. The summed E-state index contributed by atoms with van der Waals surface area (Å²) >= 11 is 0. The van der Waals surface area contributed by atoms with Crippen molar-refractivity contribution in [1.29, 1.82) is 0 Å². The quantitative estimate of drug-likeness (QED) is 0.694. The molecule has 0 radical (unpaired) electrons. The molecule has 0 amide bonds. The highest BCUT2D eigenvalue weighted by Gasteiger charge is 2.23. The van der Waals surface area contributed by atoms with Crippen LogP contribution in [0.3, 0.4) is 0 Å². The molecule has 15 heavy (non-hydrogen) atoms. The molecule has 0 atom stereocenters. The maximum absolute atomic E-state index is 11.1. The first-order chi connectivity index (χ1) is 7.16. The fraction of sp³-hybridized carbons (Fsp3) is 0.636. The van der Waals surface area contributed by atoms with Crippen LogP contribution in [-0.4, -0.2) is 35.8 Å². The molecule has 1 aliphatic rings. The van der Waals surface area contributed by atoms with Crippen LogP contribution in [0, 0.1) is 0 Å². The Morgan fingerprint density at radius 3 is 2.73 bits per heavy atom. The third-order valence-corrected chi connectivity index (χ3v) is 2.95. The van der Waals surface area contributed by atoms with Crippen molar-refractivity contribution < 1.29 is 9.21 Å². The van der Waals surface area contributed by atoms with Gasteiger partial charge in [-0.2, -0.15) is 0 Å². The van der Waals surface area contributed by atoms with E-state index in [4.69, 9.17) is 4.42 Å². The monoisotopic (exact) mass is 208 g/mol. The van der Waals surface area contributed by atoms with Gasteiger partial charge < -0.3 is 9.32 Å². The molecule has 0 saturated carbocycles. The summed E-state index contributed by atoms with van der Waals surface area (Å²) in [5.74, 6) is 1.08. The first-order valence-corrected chi connectivity index (χ1v) is 5.31. The zero-order valence-electron chi connectivity index (χ0n) is 9.19. The summed E-state index contributed by atoms with van der Waals surface area (Å²) in [5, 5.41) is 0. The summed E-state index contributed by atoms with van der Waals surface area (Å²) in [6.45, 7) is 3.65. The normalized spacial score (nSPS) is 19.3. The van der Waals surface area contributed by atoms with Crippen LogP contribution in [0.1, 0.15) is 42.1 Å². The van der Waals surface area contributed by atoms with Crippen LogP contribution in [0.5, 0.6) is 0 Å². The summed E-state index contributed by atoms with van der Waals surface area (Å²) < 4.78 is 5.35. The first-order valence-electron chi connectivity index (χ1n) is 5.31. The minimum atomic E-state index is -0.0297. The molecule has 1 aromatic heterocycles. The summed E-state index contributed by atoms with van der Waals surface area (Å²) in [7, 11) is 2.12. The van der Waals surface area contributed by atoms with Crippen LogP contribution in [-0.2, 0) is 0 Å². The van der Waals surface area contributed by atoms with E-state index in [1.54, 1.807) is 0 Å². The van der Waals surface area contributed by atoms with Gasteiger partial charge in [0.2, 0.25) is 0 Å². The van der Waals surface area contributed by atoms with Gasteiger partial charge >= 0.3 is 0 Å². The predicted molar refractivity (Wildman–Crippen MR) is 56.0 cm³/mol. The van der Waals surface area contributed by atoms with Crippen LogP contribution in [0.25, 0.3) is 0 Å². The van der Waals surface area contributed by atoms with E-state index in [9.17, 15) is 4.79 Å². The molecule has 2 rings (SSSR count). The number of rotatable bonds is 2. The molecule has 1 fully saturated rings. The second-order valence-electron chi connectivity index (χ2n) is 4.20. The van der Waals surface area contributed by atoms with E-state index >= 15 is 0 Å². The molecule has 0 aliphatic carbocycles. The zero-order valence-corrected chi connectivity index (χ0v) is 9.19. The molecular weight excluding hydrogens is 192 g/mol. The SMILES string of the molecule is CC(=O)c1coc(C2CCN(C)CC2)n1. The smallest absolute Gasteiger partial charge is 0.197 e. The lowest BCUT2D eigenvalue weighted by Crippen LogP contribution is -2.29. The molecule has 4 heteroatoms. The van der Waals surface area contributed by atoms with Gasteiger partial charge in [-0.25, -0.2) is 4.98 Å². The van der Waals surface area contributed by atoms with Crippen molar-refractivity contribution in [2.75, 3.05) is 20.1 Å².